The first-order valence-corrected chi connectivity index (χ1v) is 8.02. The van der Waals surface area contributed by atoms with Gasteiger partial charge in [-0.05, 0) is 43.5 Å². The predicted molar refractivity (Wildman–Crippen MR) is 82.7 cm³/mol. The van der Waals surface area contributed by atoms with Gasteiger partial charge in [0.2, 0.25) is 5.91 Å². The van der Waals surface area contributed by atoms with Gasteiger partial charge < -0.3 is 10.2 Å². The summed E-state index contributed by atoms with van der Waals surface area (Å²) in [5.41, 5.74) is 2.07. The molecule has 1 fully saturated rings. The van der Waals surface area contributed by atoms with E-state index in [0.717, 1.165) is 38.2 Å². The zero-order chi connectivity index (χ0) is 14.9. The number of piperidine rings is 1. The minimum atomic E-state index is -0.285. The lowest BCUT2D eigenvalue weighted by Crippen LogP contribution is -2.50. The quantitative estimate of drug-likeness (QED) is 0.905. The lowest BCUT2D eigenvalue weighted by molar-refractivity contribution is -0.144. The van der Waals surface area contributed by atoms with Crippen LogP contribution < -0.4 is 5.32 Å². The zero-order valence-corrected chi connectivity index (χ0v) is 13.1. The second-order valence-electron chi connectivity index (χ2n) is 6.85. The summed E-state index contributed by atoms with van der Waals surface area (Å²) in [5, 5.41) is 3.43. The Bertz CT molecular complexity index is 521. The highest BCUT2D eigenvalue weighted by molar-refractivity contribution is 5.82. The maximum atomic E-state index is 13.0. The lowest BCUT2D eigenvalue weighted by atomic mass is 9.73. The SMILES string of the molecule is CC(C)(C(=O)N1CCc2ncccc2C1)C1CCCNC1. The molecule has 2 aliphatic rings. The third kappa shape index (κ3) is 2.82. The Morgan fingerprint density at radius 3 is 3.10 bits per heavy atom. The van der Waals surface area contributed by atoms with Crippen molar-refractivity contribution in [2.45, 2.75) is 39.7 Å². The minimum absolute atomic E-state index is 0.285. The molecule has 0 bridgehead atoms. The Morgan fingerprint density at radius 2 is 2.33 bits per heavy atom. The Labute approximate surface area is 126 Å². The molecular formula is C17H25N3O. The van der Waals surface area contributed by atoms with Gasteiger partial charge in [-0.15, -0.1) is 0 Å². The van der Waals surface area contributed by atoms with Gasteiger partial charge in [0.1, 0.15) is 0 Å². The molecule has 0 radical (unpaired) electrons. The van der Waals surface area contributed by atoms with Crippen LogP contribution in [0.3, 0.4) is 0 Å². The summed E-state index contributed by atoms with van der Waals surface area (Å²) in [4.78, 5) is 19.5. The second-order valence-corrected chi connectivity index (χ2v) is 6.85. The first-order chi connectivity index (χ1) is 10.1. The molecule has 1 saturated heterocycles. The van der Waals surface area contributed by atoms with Gasteiger partial charge in [0, 0.05) is 36.8 Å². The van der Waals surface area contributed by atoms with Crippen molar-refractivity contribution in [2.24, 2.45) is 11.3 Å². The largest absolute Gasteiger partial charge is 0.337 e. The summed E-state index contributed by atoms with van der Waals surface area (Å²) < 4.78 is 0. The number of amides is 1. The molecule has 3 heterocycles. The topological polar surface area (TPSA) is 45.2 Å². The average Bonchev–Trinajstić information content (AvgIpc) is 2.54. The minimum Gasteiger partial charge on any atom is -0.337 e. The number of fused-ring (bicyclic) bond motifs is 1. The fraction of sp³-hybridized carbons (Fsp3) is 0.647. The van der Waals surface area contributed by atoms with E-state index < -0.39 is 0 Å². The number of nitrogens with zero attached hydrogens (tertiary/aromatic N) is 2. The molecule has 1 aromatic rings. The Hall–Kier alpha value is -1.42. The first-order valence-electron chi connectivity index (χ1n) is 8.02. The van der Waals surface area contributed by atoms with E-state index in [2.05, 4.69) is 30.2 Å². The highest BCUT2D eigenvalue weighted by atomic mass is 16.2. The van der Waals surface area contributed by atoms with E-state index in [1.807, 2.05) is 17.2 Å². The summed E-state index contributed by atoms with van der Waals surface area (Å²) in [5.74, 6) is 0.736. The molecule has 4 nitrogen and oxygen atoms in total. The van der Waals surface area contributed by atoms with Crippen molar-refractivity contribution in [1.82, 2.24) is 15.2 Å². The van der Waals surface area contributed by atoms with Crippen molar-refractivity contribution < 1.29 is 4.79 Å². The number of carbonyl (C=O) groups is 1. The molecule has 1 atom stereocenters. The van der Waals surface area contributed by atoms with Crippen LogP contribution >= 0.6 is 0 Å². The predicted octanol–water partition coefficient (Wildman–Crippen LogP) is 1.99. The normalized spacial score (nSPS) is 22.8. The zero-order valence-electron chi connectivity index (χ0n) is 13.1. The third-order valence-corrected chi connectivity index (χ3v) is 5.12. The van der Waals surface area contributed by atoms with Gasteiger partial charge in [-0.1, -0.05) is 19.9 Å². The van der Waals surface area contributed by atoms with Gasteiger partial charge in [0.25, 0.3) is 0 Å². The van der Waals surface area contributed by atoms with E-state index in [1.54, 1.807) is 0 Å². The van der Waals surface area contributed by atoms with Crippen LogP contribution in [-0.4, -0.2) is 35.4 Å². The van der Waals surface area contributed by atoms with Crippen LogP contribution in [0.1, 0.15) is 37.9 Å². The standard InChI is InChI=1S/C17H25N3O/c1-17(2,14-6-4-8-18-11-14)16(21)20-10-7-15-13(12-20)5-3-9-19-15/h3,5,9,14,18H,4,6-8,10-12H2,1-2H3. The number of hydrogen-bond acceptors (Lipinski definition) is 3. The van der Waals surface area contributed by atoms with Crippen LogP contribution in [0.5, 0.6) is 0 Å². The van der Waals surface area contributed by atoms with Gasteiger partial charge in [0.05, 0.1) is 0 Å². The van der Waals surface area contributed by atoms with Crippen LogP contribution in [0.2, 0.25) is 0 Å². The summed E-state index contributed by atoms with van der Waals surface area (Å²) >= 11 is 0. The smallest absolute Gasteiger partial charge is 0.228 e. The molecule has 114 valence electrons. The molecule has 2 aliphatic heterocycles. The number of carbonyl (C=O) groups excluding carboxylic acids is 1. The van der Waals surface area contributed by atoms with Crippen molar-refractivity contribution in [2.75, 3.05) is 19.6 Å². The molecule has 21 heavy (non-hydrogen) atoms. The lowest BCUT2D eigenvalue weighted by Gasteiger charge is -2.40. The van der Waals surface area contributed by atoms with E-state index in [-0.39, 0.29) is 5.41 Å². The highest BCUT2D eigenvalue weighted by Gasteiger charge is 2.40. The van der Waals surface area contributed by atoms with Crippen molar-refractivity contribution in [1.29, 1.82) is 0 Å². The molecule has 1 amide bonds. The monoisotopic (exact) mass is 287 g/mol. The maximum absolute atomic E-state index is 13.0. The van der Waals surface area contributed by atoms with E-state index in [9.17, 15) is 4.79 Å². The van der Waals surface area contributed by atoms with Gasteiger partial charge in [-0.25, -0.2) is 0 Å². The van der Waals surface area contributed by atoms with E-state index in [0.29, 0.717) is 18.4 Å². The van der Waals surface area contributed by atoms with Crippen molar-refractivity contribution >= 4 is 5.91 Å². The van der Waals surface area contributed by atoms with Crippen LogP contribution in [0.25, 0.3) is 0 Å². The Balaban J connectivity index is 1.73. The van der Waals surface area contributed by atoms with Gasteiger partial charge >= 0.3 is 0 Å². The summed E-state index contributed by atoms with van der Waals surface area (Å²) in [6.07, 6.45) is 5.04. The number of pyridine rings is 1. The molecule has 1 unspecified atom stereocenters. The molecule has 1 aromatic heterocycles. The highest BCUT2D eigenvalue weighted by Crippen LogP contribution is 2.35. The van der Waals surface area contributed by atoms with E-state index in [1.165, 1.54) is 12.0 Å². The Kier molecular flexibility index (Phi) is 3.98. The first kappa shape index (κ1) is 14.5. The van der Waals surface area contributed by atoms with Crippen LogP contribution in [-0.2, 0) is 17.8 Å². The van der Waals surface area contributed by atoms with E-state index in [4.69, 9.17) is 0 Å². The van der Waals surface area contributed by atoms with Crippen LogP contribution in [0.4, 0.5) is 0 Å². The average molecular weight is 287 g/mol. The van der Waals surface area contributed by atoms with Gasteiger partial charge in [-0.3, -0.25) is 9.78 Å². The van der Waals surface area contributed by atoms with Gasteiger partial charge in [0.15, 0.2) is 0 Å². The Morgan fingerprint density at radius 1 is 1.48 bits per heavy atom. The summed E-state index contributed by atoms with van der Waals surface area (Å²) in [6, 6.07) is 4.06. The molecule has 4 heteroatoms. The summed E-state index contributed by atoms with van der Waals surface area (Å²) in [6.45, 7) is 7.80. The van der Waals surface area contributed by atoms with Crippen LogP contribution in [0, 0.1) is 11.3 Å². The van der Waals surface area contributed by atoms with E-state index >= 15 is 0 Å². The van der Waals surface area contributed by atoms with Crippen molar-refractivity contribution in [3.63, 3.8) is 0 Å². The second kappa shape index (κ2) is 5.76. The number of hydrogen-bond donors (Lipinski definition) is 1. The molecule has 0 spiro atoms. The summed E-state index contributed by atoms with van der Waals surface area (Å²) in [7, 11) is 0. The third-order valence-electron chi connectivity index (χ3n) is 5.12. The fourth-order valence-electron chi connectivity index (χ4n) is 3.59. The molecule has 0 aliphatic carbocycles. The maximum Gasteiger partial charge on any atom is 0.228 e. The molecule has 1 N–H and O–H groups in total. The number of rotatable bonds is 2. The van der Waals surface area contributed by atoms with Crippen LogP contribution in [0.15, 0.2) is 18.3 Å². The van der Waals surface area contributed by atoms with Crippen molar-refractivity contribution in [3.05, 3.63) is 29.6 Å². The fourth-order valence-corrected chi connectivity index (χ4v) is 3.59. The number of aromatic nitrogens is 1. The molecule has 3 rings (SSSR count). The molecule has 0 saturated carbocycles. The van der Waals surface area contributed by atoms with Gasteiger partial charge in [-0.2, -0.15) is 0 Å². The number of nitrogens with one attached hydrogen (secondary N) is 1. The van der Waals surface area contributed by atoms with Crippen molar-refractivity contribution in [3.8, 4) is 0 Å². The molecule has 0 aromatic carbocycles. The molecular weight excluding hydrogens is 262 g/mol.